The van der Waals surface area contributed by atoms with Gasteiger partial charge in [-0.15, -0.1) is 0 Å². The number of likely N-dealkylation sites (N-methyl/N-ethyl adjacent to an activating group) is 1. The van der Waals surface area contributed by atoms with Gasteiger partial charge in [0.25, 0.3) is 0 Å². The Morgan fingerprint density at radius 2 is 1.43 bits per heavy atom. The molecular weight excluding hydrogens is 190 g/mol. The van der Waals surface area contributed by atoms with Gasteiger partial charge in [-0.1, -0.05) is 0 Å². The lowest BCUT2D eigenvalue weighted by molar-refractivity contribution is 0.123. The summed E-state index contributed by atoms with van der Waals surface area (Å²) in [5, 5.41) is 0. The van der Waals surface area contributed by atoms with E-state index in [1.54, 1.807) is 7.05 Å². The summed E-state index contributed by atoms with van der Waals surface area (Å²) in [6, 6.07) is 0. The van der Waals surface area contributed by atoms with Gasteiger partial charge >= 0.3 is 12.2 Å². The van der Waals surface area contributed by atoms with E-state index >= 15 is 0 Å². The minimum Gasteiger partial charge on any atom is -0.448 e. The summed E-state index contributed by atoms with van der Waals surface area (Å²) >= 11 is 0. The summed E-state index contributed by atoms with van der Waals surface area (Å²) in [5.74, 6) is 0. The van der Waals surface area contributed by atoms with E-state index in [1.165, 1.54) is 0 Å². The van der Waals surface area contributed by atoms with Crippen LogP contribution in [0.15, 0.2) is 0 Å². The number of nitrogens with zero attached hydrogens (tertiary/aromatic N) is 1. The molecule has 0 atom stereocenters. The lowest BCUT2D eigenvalue weighted by atomic mass is 10.5. The van der Waals surface area contributed by atoms with Crippen molar-refractivity contribution in [3.8, 4) is 0 Å². The molecule has 7 heteroatoms. The highest BCUT2D eigenvalue weighted by Crippen LogP contribution is 1.84. The number of carbonyl (C=O) groups is 2. The molecule has 0 radical (unpaired) electrons. The topological polar surface area (TPSA) is 108 Å². The van der Waals surface area contributed by atoms with Crippen molar-refractivity contribution < 1.29 is 19.1 Å². The van der Waals surface area contributed by atoms with Crippen molar-refractivity contribution in [2.75, 3.05) is 33.4 Å². The third-order valence-electron chi connectivity index (χ3n) is 1.43. The predicted octanol–water partition coefficient (Wildman–Crippen LogP) is -0.891. The Labute approximate surface area is 81.9 Å². The maximum atomic E-state index is 10.2. The van der Waals surface area contributed by atoms with Gasteiger partial charge in [-0.05, 0) is 7.05 Å². The zero-order chi connectivity index (χ0) is 11.0. The van der Waals surface area contributed by atoms with Crippen molar-refractivity contribution in [3.05, 3.63) is 0 Å². The lowest BCUT2D eigenvalue weighted by Crippen LogP contribution is -2.30. The van der Waals surface area contributed by atoms with Crippen LogP contribution in [0.25, 0.3) is 0 Å². The summed E-state index contributed by atoms with van der Waals surface area (Å²) in [4.78, 5) is 22.2. The van der Waals surface area contributed by atoms with Crippen molar-refractivity contribution in [2.45, 2.75) is 0 Å². The number of amides is 2. The number of carbonyl (C=O) groups excluding carboxylic acids is 2. The number of hydrogen-bond donors (Lipinski definition) is 2. The molecule has 0 fully saturated rings. The molecule has 4 N–H and O–H groups in total. The quantitative estimate of drug-likeness (QED) is 0.584. The monoisotopic (exact) mass is 205 g/mol. The van der Waals surface area contributed by atoms with Gasteiger partial charge in [0, 0.05) is 13.1 Å². The molecule has 0 aromatic heterocycles. The normalized spacial score (nSPS) is 9.86. The highest BCUT2D eigenvalue weighted by Gasteiger charge is 2.01. The molecule has 0 aliphatic carbocycles. The van der Waals surface area contributed by atoms with Gasteiger partial charge in [0.05, 0.1) is 0 Å². The standard InChI is InChI=1S/C7H15N3O4/c1-10(2-4-13-6(8)11)3-5-14-7(9)12/h2-5H2,1H3,(H2,8,11)(H2,9,12). The molecule has 0 aliphatic rings. The molecule has 0 spiro atoms. The molecule has 82 valence electrons. The van der Waals surface area contributed by atoms with E-state index < -0.39 is 12.2 Å². The maximum Gasteiger partial charge on any atom is 0.404 e. The highest BCUT2D eigenvalue weighted by molar-refractivity contribution is 5.64. The SMILES string of the molecule is CN(CCOC(N)=O)CCOC(N)=O. The Bertz CT molecular complexity index is 177. The zero-order valence-corrected chi connectivity index (χ0v) is 8.06. The highest BCUT2D eigenvalue weighted by atomic mass is 16.5. The lowest BCUT2D eigenvalue weighted by Gasteiger charge is -2.15. The Morgan fingerprint density at radius 1 is 1.07 bits per heavy atom. The van der Waals surface area contributed by atoms with Crippen LogP contribution in [0, 0.1) is 0 Å². The van der Waals surface area contributed by atoms with Crippen LogP contribution in [0.2, 0.25) is 0 Å². The van der Waals surface area contributed by atoms with Crippen molar-refractivity contribution in [2.24, 2.45) is 11.5 Å². The van der Waals surface area contributed by atoms with Crippen LogP contribution >= 0.6 is 0 Å². The first-order valence-electron chi connectivity index (χ1n) is 4.05. The smallest absolute Gasteiger partial charge is 0.404 e. The number of rotatable bonds is 6. The van der Waals surface area contributed by atoms with Crippen molar-refractivity contribution in [1.29, 1.82) is 0 Å². The second kappa shape index (κ2) is 6.96. The summed E-state index contributed by atoms with van der Waals surface area (Å²) < 4.78 is 9.01. The Balaban J connectivity index is 3.32. The number of ether oxygens (including phenoxy) is 2. The van der Waals surface area contributed by atoms with E-state index in [1.807, 2.05) is 4.90 Å². The van der Waals surface area contributed by atoms with Crippen LogP contribution in [0.5, 0.6) is 0 Å². The number of nitrogens with two attached hydrogens (primary N) is 2. The molecule has 0 unspecified atom stereocenters. The van der Waals surface area contributed by atoms with E-state index in [2.05, 4.69) is 9.47 Å². The van der Waals surface area contributed by atoms with E-state index in [0.717, 1.165) is 0 Å². The van der Waals surface area contributed by atoms with Crippen LogP contribution in [-0.4, -0.2) is 50.4 Å². The summed E-state index contributed by atoms with van der Waals surface area (Å²) in [6.45, 7) is 1.46. The average molecular weight is 205 g/mol. The molecule has 0 saturated carbocycles. The predicted molar refractivity (Wildman–Crippen MR) is 48.6 cm³/mol. The molecular formula is C7H15N3O4. The second-order valence-electron chi connectivity index (χ2n) is 2.64. The maximum absolute atomic E-state index is 10.2. The van der Waals surface area contributed by atoms with Gasteiger partial charge in [0.15, 0.2) is 0 Å². The van der Waals surface area contributed by atoms with Crippen molar-refractivity contribution in [3.63, 3.8) is 0 Å². The van der Waals surface area contributed by atoms with Crippen LogP contribution < -0.4 is 11.5 Å². The second-order valence-corrected chi connectivity index (χ2v) is 2.64. The third kappa shape index (κ3) is 8.60. The van der Waals surface area contributed by atoms with Gasteiger partial charge in [-0.2, -0.15) is 0 Å². The van der Waals surface area contributed by atoms with Crippen LogP contribution in [0.1, 0.15) is 0 Å². The Hall–Kier alpha value is -1.50. The van der Waals surface area contributed by atoms with E-state index in [9.17, 15) is 9.59 Å². The van der Waals surface area contributed by atoms with Gasteiger partial charge in [0.1, 0.15) is 13.2 Å². The molecule has 0 saturated heterocycles. The Kier molecular flexibility index (Phi) is 6.21. The largest absolute Gasteiger partial charge is 0.448 e. The Morgan fingerprint density at radius 3 is 1.71 bits per heavy atom. The fraction of sp³-hybridized carbons (Fsp3) is 0.714. The van der Waals surface area contributed by atoms with Gasteiger partial charge in [-0.3, -0.25) is 4.90 Å². The molecule has 0 heterocycles. The molecule has 14 heavy (non-hydrogen) atoms. The zero-order valence-electron chi connectivity index (χ0n) is 8.06. The first kappa shape index (κ1) is 12.5. The summed E-state index contributed by atoms with van der Waals surface area (Å²) in [5.41, 5.74) is 9.51. The van der Waals surface area contributed by atoms with E-state index in [-0.39, 0.29) is 13.2 Å². The molecule has 0 aromatic carbocycles. The fourth-order valence-electron chi connectivity index (χ4n) is 0.716. The number of hydrogen-bond acceptors (Lipinski definition) is 5. The molecule has 2 amide bonds. The van der Waals surface area contributed by atoms with Gasteiger partial charge in [0.2, 0.25) is 0 Å². The molecule has 7 nitrogen and oxygen atoms in total. The first-order chi connectivity index (χ1) is 6.52. The minimum absolute atomic E-state index is 0.211. The summed E-state index contributed by atoms with van der Waals surface area (Å²) in [7, 11) is 1.79. The van der Waals surface area contributed by atoms with Crippen LogP contribution in [-0.2, 0) is 9.47 Å². The van der Waals surface area contributed by atoms with Gasteiger partial charge < -0.3 is 20.9 Å². The first-order valence-corrected chi connectivity index (χ1v) is 4.05. The average Bonchev–Trinajstić information content (AvgIpc) is 2.02. The summed E-state index contributed by atoms with van der Waals surface area (Å²) in [6.07, 6.45) is -1.60. The molecule has 0 rings (SSSR count). The third-order valence-corrected chi connectivity index (χ3v) is 1.43. The van der Waals surface area contributed by atoms with Crippen LogP contribution in [0.3, 0.4) is 0 Å². The fourth-order valence-corrected chi connectivity index (χ4v) is 0.716. The minimum atomic E-state index is -0.799. The van der Waals surface area contributed by atoms with E-state index in [4.69, 9.17) is 11.5 Å². The van der Waals surface area contributed by atoms with Gasteiger partial charge in [-0.25, -0.2) is 9.59 Å². The molecule has 0 aliphatic heterocycles. The van der Waals surface area contributed by atoms with Crippen molar-refractivity contribution in [1.82, 2.24) is 4.90 Å². The van der Waals surface area contributed by atoms with E-state index in [0.29, 0.717) is 13.1 Å². The van der Waals surface area contributed by atoms with Crippen molar-refractivity contribution >= 4 is 12.2 Å². The molecule has 0 bridgehead atoms. The van der Waals surface area contributed by atoms with Crippen LogP contribution in [0.4, 0.5) is 9.59 Å². The molecule has 0 aromatic rings. The number of primary amides is 2.